The van der Waals surface area contributed by atoms with Gasteiger partial charge in [0.25, 0.3) is 0 Å². The van der Waals surface area contributed by atoms with E-state index < -0.39 is 18.0 Å². The summed E-state index contributed by atoms with van der Waals surface area (Å²) in [6.07, 6.45) is 2.35. The molecule has 96 valence electrons. The van der Waals surface area contributed by atoms with Crippen LogP contribution in [-0.4, -0.2) is 37.7 Å². The highest BCUT2D eigenvalue weighted by Crippen LogP contribution is 2.19. The van der Waals surface area contributed by atoms with Gasteiger partial charge >= 0.3 is 11.9 Å². The number of hydrogen-bond donors (Lipinski definition) is 1. The highest BCUT2D eigenvalue weighted by atomic mass is 16.6. The first-order valence-corrected chi connectivity index (χ1v) is 5.74. The van der Waals surface area contributed by atoms with Gasteiger partial charge in [0.2, 0.25) is 0 Å². The smallest absolute Gasteiger partial charge is 0.336 e. The van der Waals surface area contributed by atoms with Crippen LogP contribution in [0.25, 0.3) is 0 Å². The molecule has 0 spiro atoms. The zero-order chi connectivity index (χ0) is 12.8. The lowest BCUT2D eigenvalue weighted by Gasteiger charge is -2.31. The molecule has 0 bridgehead atoms. The molecule has 1 aliphatic rings. The number of nitrogens with one attached hydrogen (secondary N) is 1. The van der Waals surface area contributed by atoms with Gasteiger partial charge in [-0.1, -0.05) is 13.0 Å². The molecule has 1 heterocycles. The Morgan fingerprint density at radius 2 is 2.12 bits per heavy atom. The van der Waals surface area contributed by atoms with E-state index in [2.05, 4.69) is 16.6 Å². The summed E-state index contributed by atoms with van der Waals surface area (Å²) in [4.78, 5) is 22.5. The first-order chi connectivity index (χ1) is 8.06. The fraction of sp³-hybridized carbons (Fsp3) is 0.667. The van der Waals surface area contributed by atoms with Crippen LogP contribution in [0.2, 0.25) is 0 Å². The van der Waals surface area contributed by atoms with Crippen molar-refractivity contribution in [3.63, 3.8) is 0 Å². The molecule has 1 fully saturated rings. The summed E-state index contributed by atoms with van der Waals surface area (Å²) >= 11 is 0. The molecule has 5 nitrogen and oxygen atoms in total. The molecule has 17 heavy (non-hydrogen) atoms. The van der Waals surface area contributed by atoms with Crippen molar-refractivity contribution in [2.24, 2.45) is 0 Å². The monoisotopic (exact) mass is 241 g/mol. The highest BCUT2D eigenvalue weighted by Gasteiger charge is 2.31. The summed E-state index contributed by atoms with van der Waals surface area (Å²) in [7, 11) is 1.28. The van der Waals surface area contributed by atoms with Gasteiger partial charge in [0, 0.05) is 13.0 Å². The normalized spacial score (nSPS) is 21.4. The Balaban J connectivity index is 2.74. The van der Waals surface area contributed by atoms with E-state index in [1.165, 1.54) is 14.0 Å². The van der Waals surface area contributed by atoms with Gasteiger partial charge in [-0.25, -0.2) is 4.79 Å². The van der Waals surface area contributed by atoms with Gasteiger partial charge < -0.3 is 14.8 Å². The molecule has 0 aliphatic carbocycles. The minimum absolute atomic E-state index is 0.0563. The summed E-state index contributed by atoms with van der Waals surface area (Å²) in [6.45, 7) is 5.84. The third kappa shape index (κ3) is 3.85. The molecule has 1 aliphatic heterocycles. The summed E-state index contributed by atoms with van der Waals surface area (Å²) in [5.74, 6) is -0.962. The van der Waals surface area contributed by atoms with Gasteiger partial charge in [-0.05, 0) is 19.4 Å². The largest absolute Gasteiger partial charge is 0.466 e. The first kappa shape index (κ1) is 13.7. The molecule has 0 radical (unpaired) electrons. The number of ether oxygens (including phenoxy) is 2. The van der Waals surface area contributed by atoms with Gasteiger partial charge in [0.15, 0.2) is 0 Å². The second-order valence-corrected chi connectivity index (χ2v) is 4.10. The molecule has 0 aromatic carbocycles. The van der Waals surface area contributed by atoms with Crippen LogP contribution in [0.5, 0.6) is 0 Å². The lowest BCUT2D eigenvalue weighted by Crippen LogP contribution is -2.47. The molecular formula is C12H19NO4. The Labute approximate surface area is 101 Å². The van der Waals surface area contributed by atoms with E-state index in [0.717, 1.165) is 25.8 Å². The standard InChI is InChI=1S/C12H19NO4/c1-8(12(15)16-3)11(17-9(2)14)10-6-4-5-7-13-10/h10-11,13H,1,4-7H2,2-3H3. The van der Waals surface area contributed by atoms with Crippen LogP contribution in [-0.2, 0) is 19.1 Å². The molecule has 1 rings (SSSR count). The molecule has 1 N–H and O–H groups in total. The first-order valence-electron chi connectivity index (χ1n) is 5.74. The number of esters is 2. The Bertz CT molecular complexity index is 308. The number of hydrogen-bond acceptors (Lipinski definition) is 5. The van der Waals surface area contributed by atoms with Gasteiger partial charge in [-0.3, -0.25) is 4.79 Å². The van der Waals surface area contributed by atoms with Crippen molar-refractivity contribution in [1.29, 1.82) is 0 Å². The van der Waals surface area contributed by atoms with Crippen LogP contribution in [0.1, 0.15) is 26.2 Å². The summed E-state index contributed by atoms with van der Waals surface area (Å²) in [6, 6.07) is -0.0563. The van der Waals surface area contributed by atoms with E-state index in [1.807, 2.05) is 0 Å². The quantitative estimate of drug-likeness (QED) is 0.582. The van der Waals surface area contributed by atoms with Crippen LogP contribution >= 0.6 is 0 Å². The molecule has 2 unspecified atom stereocenters. The van der Waals surface area contributed by atoms with Gasteiger partial charge in [-0.15, -0.1) is 0 Å². The maximum absolute atomic E-state index is 11.4. The van der Waals surface area contributed by atoms with Gasteiger partial charge in [0.1, 0.15) is 6.10 Å². The summed E-state index contributed by atoms with van der Waals surface area (Å²) in [5, 5.41) is 3.24. The predicted octanol–water partition coefficient (Wildman–Crippen LogP) is 0.789. The summed E-state index contributed by atoms with van der Waals surface area (Å²) < 4.78 is 9.78. The highest BCUT2D eigenvalue weighted by molar-refractivity contribution is 5.89. The topological polar surface area (TPSA) is 64.6 Å². The SMILES string of the molecule is C=C(C(=O)OC)C(OC(C)=O)C1CCCCN1. The Kier molecular flexibility index (Phi) is 5.15. The third-order valence-electron chi connectivity index (χ3n) is 2.80. The van der Waals surface area contributed by atoms with Crippen LogP contribution in [0.4, 0.5) is 0 Å². The fourth-order valence-corrected chi connectivity index (χ4v) is 1.96. The fourth-order valence-electron chi connectivity index (χ4n) is 1.96. The van der Waals surface area contributed by atoms with Gasteiger partial charge in [0.05, 0.1) is 12.7 Å². The van der Waals surface area contributed by atoms with E-state index in [-0.39, 0.29) is 11.6 Å². The number of rotatable bonds is 4. The molecule has 5 heteroatoms. The van der Waals surface area contributed by atoms with E-state index in [1.54, 1.807) is 0 Å². The van der Waals surface area contributed by atoms with Crippen LogP contribution in [0.15, 0.2) is 12.2 Å². The lowest BCUT2D eigenvalue weighted by atomic mass is 9.95. The number of methoxy groups -OCH3 is 1. The Morgan fingerprint density at radius 1 is 1.41 bits per heavy atom. The lowest BCUT2D eigenvalue weighted by molar-refractivity contribution is -0.148. The molecule has 1 saturated heterocycles. The number of carbonyl (C=O) groups excluding carboxylic acids is 2. The van der Waals surface area contributed by atoms with E-state index in [9.17, 15) is 9.59 Å². The minimum Gasteiger partial charge on any atom is -0.466 e. The second kappa shape index (κ2) is 6.39. The third-order valence-corrected chi connectivity index (χ3v) is 2.80. The molecule has 0 aromatic heterocycles. The number of piperidine rings is 1. The molecule has 0 amide bonds. The van der Waals surface area contributed by atoms with E-state index in [4.69, 9.17) is 4.74 Å². The maximum Gasteiger partial charge on any atom is 0.336 e. The maximum atomic E-state index is 11.4. The van der Waals surface area contributed by atoms with Crippen molar-refractivity contribution in [3.8, 4) is 0 Å². The van der Waals surface area contributed by atoms with E-state index >= 15 is 0 Å². The van der Waals surface area contributed by atoms with Crippen molar-refractivity contribution < 1.29 is 19.1 Å². The van der Waals surface area contributed by atoms with E-state index in [0.29, 0.717) is 0 Å². The molecule has 0 saturated carbocycles. The van der Waals surface area contributed by atoms with Crippen molar-refractivity contribution in [2.45, 2.75) is 38.3 Å². The summed E-state index contributed by atoms with van der Waals surface area (Å²) in [5.41, 5.74) is 0.183. The predicted molar refractivity (Wildman–Crippen MR) is 62.4 cm³/mol. The second-order valence-electron chi connectivity index (χ2n) is 4.10. The van der Waals surface area contributed by atoms with Crippen LogP contribution in [0, 0.1) is 0 Å². The average Bonchev–Trinajstić information content (AvgIpc) is 2.35. The molecule has 2 atom stereocenters. The minimum atomic E-state index is -0.639. The van der Waals surface area contributed by atoms with Crippen molar-refractivity contribution in [2.75, 3.05) is 13.7 Å². The zero-order valence-electron chi connectivity index (χ0n) is 10.3. The number of carbonyl (C=O) groups is 2. The Hall–Kier alpha value is -1.36. The zero-order valence-corrected chi connectivity index (χ0v) is 10.3. The van der Waals surface area contributed by atoms with Crippen molar-refractivity contribution in [3.05, 3.63) is 12.2 Å². The van der Waals surface area contributed by atoms with Crippen molar-refractivity contribution in [1.82, 2.24) is 5.32 Å². The van der Waals surface area contributed by atoms with Crippen LogP contribution < -0.4 is 5.32 Å². The van der Waals surface area contributed by atoms with Crippen molar-refractivity contribution >= 4 is 11.9 Å². The average molecular weight is 241 g/mol. The molecule has 0 aromatic rings. The Morgan fingerprint density at radius 3 is 2.59 bits per heavy atom. The molecular weight excluding hydrogens is 222 g/mol. The van der Waals surface area contributed by atoms with Crippen LogP contribution in [0.3, 0.4) is 0 Å². The van der Waals surface area contributed by atoms with Gasteiger partial charge in [-0.2, -0.15) is 0 Å².